The number of phenols is 1. The molecule has 0 bridgehead atoms. The number of halogens is 1. The standard InChI is InChI=1S/C24H28FN4O6P/c1-4-20(30)16-8-9-18(25)22(23(16)31)17-11-19(17)29(14-36(33,34-5-2)35-6-3)24(32)28-21-10-7-15(12-26)13-27-21/h7-10,13,17,19,31H,4-6,11,14H2,1-3H3,(H,27,28,32)/t17-,19+/m1/s1. The Hall–Kier alpha value is -3.32. The van der Waals surface area contributed by atoms with Gasteiger partial charge < -0.3 is 19.1 Å². The predicted octanol–water partition coefficient (Wildman–Crippen LogP) is 5.00. The van der Waals surface area contributed by atoms with Crippen LogP contribution in [0.3, 0.4) is 0 Å². The molecule has 1 aromatic heterocycles. The van der Waals surface area contributed by atoms with Crippen molar-refractivity contribution in [2.45, 2.75) is 45.6 Å². The van der Waals surface area contributed by atoms with Crippen LogP contribution in [0.4, 0.5) is 15.0 Å². The van der Waals surface area contributed by atoms with Crippen LogP contribution in [-0.2, 0) is 13.6 Å². The third kappa shape index (κ3) is 6.08. The highest BCUT2D eigenvalue weighted by Gasteiger charge is 2.50. The maximum atomic E-state index is 14.8. The molecule has 0 aliphatic heterocycles. The molecule has 0 unspecified atom stereocenters. The molecule has 10 nitrogen and oxygen atoms in total. The zero-order valence-corrected chi connectivity index (χ0v) is 21.1. The number of nitrogens with one attached hydrogen (secondary N) is 1. The van der Waals surface area contributed by atoms with Crippen LogP contribution in [0.25, 0.3) is 0 Å². The number of nitrogens with zero attached hydrogens (tertiary/aromatic N) is 3. The van der Waals surface area contributed by atoms with E-state index in [0.29, 0.717) is 5.56 Å². The van der Waals surface area contributed by atoms with Crippen LogP contribution in [0, 0.1) is 17.1 Å². The van der Waals surface area contributed by atoms with Crippen molar-refractivity contribution in [3.05, 3.63) is 53.0 Å². The number of amides is 2. The molecule has 1 aliphatic carbocycles. The van der Waals surface area contributed by atoms with Crippen molar-refractivity contribution in [3.8, 4) is 11.8 Å². The highest BCUT2D eigenvalue weighted by Crippen LogP contribution is 2.54. The molecule has 2 atom stereocenters. The second-order valence-corrected chi connectivity index (χ2v) is 10.1. The number of aromatic hydroxyl groups is 1. The lowest BCUT2D eigenvalue weighted by Crippen LogP contribution is -2.39. The van der Waals surface area contributed by atoms with Crippen molar-refractivity contribution in [1.29, 1.82) is 5.26 Å². The molecule has 2 N–H and O–H groups in total. The van der Waals surface area contributed by atoms with E-state index in [2.05, 4.69) is 10.3 Å². The van der Waals surface area contributed by atoms with E-state index in [1.807, 2.05) is 6.07 Å². The summed E-state index contributed by atoms with van der Waals surface area (Å²) in [6.45, 7) is 5.07. The van der Waals surface area contributed by atoms with Gasteiger partial charge in [-0.1, -0.05) is 6.92 Å². The predicted molar refractivity (Wildman–Crippen MR) is 129 cm³/mol. The van der Waals surface area contributed by atoms with Crippen LogP contribution in [0.1, 0.15) is 61.0 Å². The normalized spacial score (nSPS) is 16.8. The van der Waals surface area contributed by atoms with Crippen LogP contribution < -0.4 is 5.32 Å². The van der Waals surface area contributed by atoms with Gasteiger partial charge in [0.05, 0.1) is 24.3 Å². The van der Waals surface area contributed by atoms with Crippen molar-refractivity contribution in [2.75, 3.05) is 24.8 Å². The van der Waals surface area contributed by atoms with Gasteiger partial charge in [-0.05, 0) is 44.5 Å². The fourth-order valence-electron chi connectivity index (χ4n) is 3.92. The average Bonchev–Trinajstić information content (AvgIpc) is 3.63. The molecule has 1 heterocycles. The SMILES string of the molecule is CCOP(=O)(CN(C(=O)Nc1ccc(C#N)cn1)[C@H]1C[C@H]1c1c(F)ccc(C(=O)CC)c1O)OCC. The number of hydrogen-bond donors (Lipinski definition) is 2. The maximum Gasteiger partial charge on any atom is 0.349 e. The maximum absolute atomic E-state index is 14.8. The van der Waals surface area contributed by atoms with E-state index in [0.717, 1.165) is 6.07 Å². The van der Waals surface area contributed by atoms with Crippen molar-refractivity contribution in [2.24, 2.45) is 0 Å². The van der Waals surface area contributed by atoms with E-state index >= 15 is 0 Å². The summed E-state index contributed by atoms with van der Waals surface area (Å²) >= 11 is 0. The molecule has 0 saturated heterocycles. The number of pyridine rings is 1. The fraction of sp³-hybridized carbons (Fsp3) is 0.417. The highest BCUT2D eigenvalue weighted by atomic mass is 31.2. The molecule has 1 aromatic carbocycles. The second-order valence-electron chi connectivity index (χ2n) is 8.08. The Balaban J connectivity index is 1.93. The van der Waals surface area contributed by atoms with Crippen LogP contribution in [0.2, 0.25) is 0 Å². The molecule has 12 heteroatoms. The third-order valence-corrected chi connectivity index (χ3v) is 7.63. The quantitative estimate of drug-likeness (QED) is 0.312. The first-order valence-corrected chi connectivity index (χ1v) is 13.3. The Morgan fingerprint density at radius 3 is 2.50 bits per heavy atom. The van der Waals surface area contributed by atoms with Crippen molar-refractivity contribution < 1.29 is 32.7 Å². The molecule has 0 radical (unpaired) electrons. The minimum absolute atomic E-state index is 0.00615. The molecule has 2 amide bonds. The van der Waals surface area contributed by atoms with E-state index < -0.39 is 43.4 Å². The Morgan fingerprint density at radius 2 is 1.94 bits per heavy atom. The summed E-state index contributed by atoms with van der Waals surface area (Å²) in [6, 6.07) is 5.83. The van der Waals surface area contributed by atoms with Gasteiger partial charge in [0, 0.05) is 30.1 Å². The lowest BCUT2D eigenvalue weighted by atomic mass is 10.00. The van der Waals surface area contributed by atoms with E-state index in [4.69, 9.17) is 14.3 Å². The van der Waals surface area contributed by atoms with Gasteiger partial charge in [0.25, 0.3) is 0 Å². The van der Waals surface area contributed by atoms with E-state index in [-0.39, 0.29) is 48.8 Å². The number of nitriles is 1. The number of phenolic OH excluding ortho intramolecular Hbond substituents is 1. The zero-order chi connectivity index (χ0) is 26.5. The number of carbonyl (C=O) groups excluding carboxylic acids is 2. The summed E-state index contributed by atoms with van der Waals surface area (Å²) in [5.41, 5.74) is 0.236. The monoisotopic (exact) mass is 518 g/mol. The number of benzene rings is 1. The van der Waals surface area contributed by atoms with Crippen LogP contribution >= 0.6 is 7.60 Å². The summed E-state index contributed by atoms with van der Waals surface area (Å²) < 4.78 is 38.8. The van der Waals surface area contributed by atoms with Gasteiger partial charge in [0.15, 0.2) is 5.78 Å². The van der Waals surface area contributed by atoms with Crippen LogP contribution in [-0.4, -0.2) is 52.3 Å². The topological polar surface area (TPSA) is 142 Å². The number of Topliss-reactive ketones (excluding diaryl/α,β-unsaturated/α-hetero) is 1. The van der Waals surface area contributed by atoms with Gasteiger partial charge in [0.2, 0.25) is 0 Å². The minimum atomic E-state index is -3.74. The van der Waals surface area contributed by atoms with Crippen LogP contribution in [0.5, 0.6) is 5.75 Å². The van der Waals surface area contributed by atoms with Gasteiger partial charge >= 0.3 is 13.6 Å². The zero-order valence-electron chi connectivity index (χ0n) is 20.2. The molecule has 3 rings (SSSR count). The van der Waals surface area contributed by atoms with Gasteiger partial charge in [-0.15, -0.1) is 0 Å². The molecular weight excluding hydrogens is 490 g/mol. The number of rotatable bonds is 11. The summed E-state index contributed by atoms with van der Waals surface area (Å²) in [7, 11) is -3.74. The van der Waals surface area contributed by atoms with Crippen molar-refractivity contribution >= 4 is 25.2 Å². The Labute approximate surface area is 208 Å². The van der Waals surface area contributed by atoms with E-state index in [1.54, 1.807) is 20.8 Å². The Bertz CT molecular complexity index is 1210. The third-order valence-electron chi connectivity index (χ3n) is 5.68. The molecule has 192 valence electrons. The number of aromatic nitrogens is 1. The largest absolute Gasteiger partial charge is 0.507 e. The molecule has 1 saturated carbocycles. The van der Waals surface area contributed by atoms with Gasteiger partial charge in [0.1, 0.15) is 29.7 Å². The molecule has 36 heavy (non-hydrogen) atoms. The summed E-state index contributed by atoms with van der Waals surface area (Å²) in [6.07, 6.45) is 1.24. The fourth-order valence-corrected chi connectivity index (χ4v) is 5.66. The molecule has 1 aliphatic rings. The number of anilines is 1. The first kappa shape index (κ1) is 27.3. The number of urea groups is 1. The van der Waals surface area contributed by atoms with E-state index in [9.17, 15) is 23.7 Å². The summed E-state index contributed by atoms with van der Waals surface area (Å²) in [5, 5.41) is 22.2. The first-order valence-electron chi connectivity index (χ1n) is 11.5. The highest BCUT2D eigenvalue weighted by molar-refractivity contribution is 7.53. The van der Waals surface area contributed by atoms with Crippen LogP contribution in [0.15, 0.2) is 30.5 Å². The molecule has 1 fully saturated rings. The number of hydrogen-bond acceptors (Lipinski definition) is 8. The lowest BCUT2D eigenvalue weighted by molar-refractivity contribution is 0.0985. The molecule has 0 spiro atoms. The van der Waals surface area contributed by atoms with Gasteiger partial charge in [-0.2, -0.15) is 5.26 Å². The first-order chi connectivity index (χ1) is 17.2. The molecule has 2 aromatic rings. The summed E-state index contributed by atoms with van der Waals surface area (Å²) in [5.74, 6) is -2.01. The molecular formula is C24H28FN4O6P. The summed E-state index contributed by atoms with van der Waals surface area (Å²) in [4.78, 5) is 30.7. The lowest BCUT2D eigenvalue weighted by Gasteiger charge is -2.27. The Morgan fingerprint density at radius 1 is 1.25 bits per heavy atom. The second kappa shape index (κ2) is 11.6. The van der Waals surface area contributed by atoms with Gasteiger partial charge in [-0.3, -0.25) is 14.7 Å². The van der Waals surface area contributed by atoms with Gasteiger partial charge in [-0.25, -0.2) is 14.2 Å². The average molecular weight is 518 g/mol. The van der Waals surface area contributed by atoms with Crippen molar-refractivity contribution in [1.82, 2.24) is 9.88 Å². The van der Waals surface area contributed by atoms with E-state index in [1.165, 1.54) is 29.3 Å². The number of ketones is 1. The minimum Gasteiger partial charge on any atom is -0.507 e. The van der Waals surface area contributed by atoms with Crippen molar-refractivity contribution in [3.63, 3.8) is 0 Å². The number of carbonyl (C=O) groups is 2. The smallest absolute Gasteiger partial charge is 0.349 e. The Kier molecular flexibility index (Phi) is 8.79.